The van der Waals surface area contributed by atoms with Crippen molar-refractivity contribution < 1.29 is 14.3 Å². The van der Waals surface area contributed by atoms with E-state index in [2.05, 4.69) is 0 Å². The van der Waals surface area contributed by atoms with E-state index < -0.39 is 5.41 Å². The molecule has 1 saturated carbocycles. The lowest BCUT2D eigenvalue weighted by molar-refractivity contribution is -0.143. The molecule has 1 fully saturated rings. The zero-order valence-corrected chi connectivity index (χ0v) is 8.21. The van der Waals surface area contributed by atoms with Crippen LogP contribution in [0.3, 0.4) is 0 Å². The Balaban J connectivity index is 2.69. The number of ketones is 1. The van der Waals surface area contributed by atoms with E-state index in [0.717, 1.165) is 12.8 Å². The second kappa shape index (κ2) is 3.90. The molecule has 0 radical (unpaired) electrons. The molecule has 0 amide bonds. The minimum absolute atomic E-state index is 0.230. The molecule has 74 valence electrons. The van der Waals surface area contributed by atoms with Crippen LogP contribution in [0.25, 0.3) is 0 Å². The normalized spacial score (nSPS) is 34.3. The van der Waals surface area contributed by atoms with Gasteiger partial charge >= 0.3 is 0 Å². The Bertz CT molecular complexity index is 212. The van der Waals surface area contributed by atoms with Gasteiger partial charge < -0.3 is 4.74 Å². The van der Waals surface area contributed by atoms with Crippen molar-refractivity contribution in [1.29, 1.82) is 0 Å². The van der Waals surface area contributed by atoms with Gasteiger partial charge in [-0.2, -0.15) is 0 Å². The summed E-state index contributed by atoms with van der Waals surface area (Å²) in [5.74, 6) is 0.543. The van der Waals surface area contributed by atoms with Gasteiger partial charge in [0.1, 0.15) is 12.4 Å². The average molecular weight is 184 g/mol. The van der Waals surface area contributed by atoms with E-state index in [1.165, 1.54) is 0 Å². The number of hydrogen-bond donors (Lipinski definition) is 0. The molecule has 0 saturated heterocycles. The molecule has 3 nitrogen and oxygen atoms in total. The van der Waals surface area contributed by atoms with Crippen molar-refractivity contribution in [2.75, 3.05) is 6.61 Å². The van der Waals surface area contributed by atoms with Gasteiger partial charge in [-0.05, 0) is 25.7 Å². The molecule has 1 aliphatic rings. The van der Waals surface area contributed by atoms with E-state index in [9.17, 15) is 9.59 Å². The molecule has 0 heterocycles. The lowest BCUT2D eigenvalue weighted by Gasteiger charge is -2.36. The number of hydrogen-bond acceptors (Lipinski definition) is 3. The molecule has 0 aromatic heterocycles. The van der Waals surface area contributed by atoms with Crippen LogP contribution in [0.4, 0.5) is 0 Å². The molecule has 1 rings (SSSR count). The Morgan fingerprint density at radius 2 is 2.38 bits per heavy atom. The van der Waals surface area contributed by atoms with Gasteiger partial charge in [-0.15, -0.1) is 0 Å². The zero-order valence-electron chi connectivity index (χ0n) is 8.21. The third-order valence-corrected chi connectivity index (χ3v) is 3.22. The van der Waals surface area contributed by atoms with Gasteiger partial charge in [-0.3, -0.25) is 9.59 Å². The predicted octanol–water partition coefficient (Wildman–Crippen LogP) is 1.55. The van der Waals surface area contributed by atoms with E-state index in [1.54, 1.807) is 0 Å². The summed E-state index contributed by atoms with van der Waals surface area (Å²) in [5, 5.41) is 0. The predicted molar refractivity (Wildman–Crippen MR) is 48.1 cm³/mol. The molecule has 2 atom stereocenters. The molecular weight excluding hydrogens is 168 g/mol. The summed E-state index contributed by atoms with van der Waals surface area (Å²) in [6, 6.07) is 0. The standard InChI is InChI=1S/C10H16O3/c1-8-4-3-5-9(12)10(8,2)6-13-7-11/h7-8H,3-6H2,1-2H3/t8-,10-/m1/s1. The highest BCUT2D eigenvalue weighted by Crippen LogP contribution is 2.38. The largest absolute Gasteiger partial charge is 0.467 e. The van der Waals surface area contributed by atoms with Crippen molar-refractivity contribution in [3.8, 4) is 0 Å². The van der Waals surface area contributed by atoms with Gasteiger partial charge in [0.25, 0.3) is 6.47 Å². The van der Waals surface area contributed by atoms with Crippen LogP contribution in [0.5, 0.6) is 0 Å². The Morgan fingerprint density at radius 1 is 1.69 bits per heavy atom. The first-order valence-electron chi connectivity index (χ1n) is 4.70. The van der Waals surface area contributed by atoms with Crippen molar-refractivity contribution in [2.45, 2.75) is 33.1 Å². The van der Waals surface area contributed by atoms with Crippen molar-refractivity contribution >= 4 is 12.3 Å². The molecule has 0 N–H and O–H groups in total. The van der Waals surface area contributed by atoms with Crippen LogP contribution in [0.2, 0.25) is 0 Å². The third kappa shape index (κ3) is 1.90. The topological polar surface area (TPSA) is 43.4 Å². The third-order valence-electron chi connectivity index (χ3n) is 3.22. The van der Waals surface area contributed by atoms with Gasteiger partial charge in [0, 0.05) is 6.42 Å². The van der Waals surface area contributed by atoms with Crippen molar-refractivity contribution in [1.82, 2.24) is 0 Å². The van der Waals surface area contributed by atoms with Crippen LogP contribution < -0.4 is 0 Å². The van der Waals surface area contributed by atoms with Crippen LogP contribution in [-0.2, 0) is 14.3 Å². The van der Waals surface area contributed by atoms with Crippen LogP contribution in [0, 0.1) is 11.3 Å². The summed E-state index contributed by atoms with van der Waals surface area (Å²) in [4.78, 5) is 21.7. The minimum Gasteiger partial charge on any atom is -0.467 e. The van der Waals surface area contributed by atoms with Gasteiger partial charge in [0.2, 0.25) is 0 Å². The SMILES string of the molecule is C[C@@H]1CCCC(=O)[C@]1(C)COC=O. The fourth-order valence-electron chi connectivity index (χ4n) is 1.88. The van der Waals surface area contributed by atoms with E-state index in [0.29, 0.717) is 18.8 Å². The van der Waals surface area contributed by atoms with Crippen LogP contribution in [0.15, 0.2) is 0 Å². The number of carbonyl (C=O) groups excluding carboxylic acids is 2. The molecule has 1 aliphatic carbocycles. The molecule has 0 aromatic carbocycles. The molecular formula is C10H16O3. The van der Waals surface area contributed by atoms with E-state index >= 15 is 0 Å². The summed E-state index contributed by atoms with van der Waals surface area (Å²) in [6.45, 7) is 4.59. The fourth-order valence-corrected chi connectivity index (χ4v) is 1.88. The quantitative estimate of drug-likeness (QED) is 0.625. The molecule has 3 heteroatoms. The fraction of sp³-hybridized carbons (Fsp3) is 0.800. The Kier molecular flexibility index (Phi) is 3.07. The zero-order chi connectivity index (χ0) is 9.90. The Labute approximate surface area is 78.5 Å². The van der Waals surface area contributed by atoms with Gasteiger partial charge in [-0.1, -0.05) is 6.92 Å². The first kappa shape index (κ1) is 10.2. The number of rotatable bonds is 3. The number of Topliss-reactive ketones (excluding diaryl/α,β-unsaturated/α-hetero) is 1. The molecule has 0 unspecified atom stereocenters. The van der Waals surface area contributed by atoms with Crippen molar-refractivity contribution in [3.63, 3.8) is 0 Å². The highest BCUT2D eigenvalue weighted by atomic mass is 16.5. The maximum absolute atomic E-state index is 11.6. The molecule has 13 heavy (non-hydrogen) atoms. The van der Waals surface area contributed by atoms with Gasteiger partial charge in [0.15, 0.2) is 0 Å². The number of carbonyl (C=O) groups is 2. The Morgan fingerprint density at radius 3 is 2.92 bits per heavy atom. The molecule has 0 aliphatic heterocycles. The second-order valence-electron chi connectivity index (χ2n) is 4.04. The summed E-state index contributed by atoms with van der Waals surface area (Å²) >= 11 is 0. The van der Waals surface area contributed by atoms with Crippen molar-refractivity contribution in [2.24, 2.45) is 11.3 Å². The van der Waals surface area contributed by atoms with E-state index in [4.69, 9.17) is 4.74 Å². The number of ether oxygens (including phenoxy) is 1. The van der Waals surface area contributed by atoms with Crippen LogP contribution in [-0.4, -0.2) is 18.9 Å². The molecule has 0 bridgehead atoms. The van der Waals surface area contributed by atoms with Crippen LogP contribution >= 0.6 is 0 Å². The summed E-state index contributed by atoms with van der Waals surface area (Å²) < 4.78 is 4.72. The van der Waals surface area contributed by atoms with Crippen LogP contribution in [0.1, 0.15) is 33.1 Å². The highest BCUT2D eigenvalue weighted by molar-refractivity contribution is 5.85. The van der Waals surface area contributed by atoms with E-state index in [1.807, 2.05) is 13.8 Å². The van der Waals surface area contributed by atoms with E-state index in [-0.39, 0.29) is 12.4 Å². The second-order valence-corrected chi connectivity index (χ2v) is 4.04. The highest BCUT2D eigenvalue weighted by Gasteiger charge is 2.41. The first-order valence-corrected chi connectivity index (χ1v) is 4.70. The maximum Gasteiger partial charge on any atom is 0.293 e. The lowest BCUT2D eigenvalue weighted by Crippen LogP contribution is -2.41. The first-order chi connectivity index (χ1) is 6.11. The van der Waals surface area contributed by atoms with Crippen molar-refractivity contribution in [3.05, 3.63) is 0 Å². The maximum atomic E-state index is 11.6. The Hall–Kier alpha value is -0.860. The minimum atomic E-state index is -0.445. The molecule has 0 aromatic rings. The monoisotopic (exact) mass is 184 g/mol. The summed E-state index contributed by atoms with van der Waals surface area (Å²) in [6.07, 6.45) is 2.64. The summed E-state index contributed by atoms with van der Waals surface area (Å²) in [5.41, 5.74) is -0.445. The summed E-state index contributed by atoms with van der Waals surface area (Å²) in [7, 11) is 0. The van der Waals surface area contributed by atoms with Gasteiger partial charge in [0.05, 0.1) is 5.41 Å². The average Bonchev–Trinajstić information content (AvgIpc) is 2.11. The lowest BCUT2D eigenvalue weighted by atomic mass is 9.68. The van der Waals surface area contributed by atoms with Gasteiger partial charge in [-0.25, -0.2) is 0 Å². The molecule has 0 spiro atoms. The smallest absolute Gasteiger partial charge is 0.293 e.